The van der Waals surface area contributed by atoms with Crippen LogP contribution >= 0.6 is 0 Å². The molecular formula is C16H24N2O3. The molecule has 1 aromatic rings. The van der Waals surface area contributed by atoms with Crippen molar-refractivity contribution in [1.29, 1.82) is 0 Å². The fourth-order valence-corrected chi connectivity index (χ4v) is 3.11. The van der Waals surface area contributed by atoms with Gasteiger partial charge >= 0.3 is 0 Å². The largest absolute Gasteiger partial charge is 0.394 e. The quantitative estimate of drug-likeness (QED) is 0.859. The molecule has 21 heavy (non-hydrogen) atoms. The third kappa shape index (κ3) is 3.94. The highest BCUT2D eigenvalue weighted by Crippen LogP contribution is 2.32. The van der Waals surface area contributed by atoms with Crippen molar-refractivity contribution in [3.05, 3.63) is 34.7 Å². The Morgan fingerprint density at radius 3 is 2.71 bits per heavy atom. The smallest absolute Gasteiger partial charge is 0.250 e. The van der Waals surface area contributed by atoms with Gasteiger partial charge in [0.1, 0.15) is 6.54 Å². The Bertz CT molecular complexity index is 534. The van der Waals surface area contributed by atoms with Gasteiger partial charge in [-0.15, -0.1) is 0 Å². The maximum absolute atomic E-state index is 12.2. The predicted octanol–water partition coefficient (Wildman–Crippen LogP) is 1.30. The standard InChI is InChI=1S/C16H24N2O3/c1-16(12-19,13-7-3-2-4-8-13)17-14(20)11-18-10-6-5-9-15(18)21/h5-6,9-10,13,19H,2-4,7-8,11-12H2,1H3,(H,17,20). The van der Waals surface area contributed by atoms with E-state index in [4.69, 9.17) is 0 Å². The summed E-state index contributed by atoms with van der Waals surface area (Å²) in [6.45, 7) is 1.81. The molecule has 1 aromatic heterocycles. The van der Waals surface area contributed by atoms with Crippen molar-refractivity contribution >= 4 is 5.91 Å². The summed E-state index contributed by atoms with van der Waals surface area (Å²) in [5.74, 6) is 0.0677. The first-order valence-corrected chi connectivity index (χ1v) is 7.62. The zero-order valence-corrected chi connectivity index (χ0v) is 12.5. The van der Waals surface area contributed by atoms with Gasteiger partial charge in [0.2, 0.25) is 5.91 Å². The van der Waals surface area contributed by atoms with Crippen molar-refractivity contribution in [2.24, 2.45) is 5.92 Å². The van der Waals surface area contributed by atoms with Crippen LogP contribution < -0.4 is 10.9 Å². The summed E-state index contributed by atoms with van der Waals surface area (Å²) in [7, 11) is 0. The number of hydrogen-bond donors (Lipinski definition) is 2. The van der Waals surface area contributed by atoms with Crippen molar-refractivity contribution in [1.82, 2.24) is 9.88 Å². The Balaban J connectivity index is 2.02. The van der Waals surface area contributed by atoms with Crippen molar-refractivity contribution in [3.63, 3.8) is 0 Å². The zero-order valence-electron chi connectivity index (χ0n) is 12.5. The Morgan fingerprint density at radius 1 is 1.38 bits per heavy atom. The minimum absolute atomic E-state index is 0.0119. The van der Waals surface area contributed by atoms with Gasteiger partial charge in [0.15, 0.2) is 0 Å². The predicted molar refractivity (Wildman–Crippen MR) is 80.9 cm³/mol. The SMILES string of the molecule is CC(CO)(NC(=O)Cn1ccccc1=O)C1CCCCC1. The van der Waals surface area contributed by atoms with Crippen molar-refractivity contribution < 1.29 is 9.90 Å². The summed E-state index contributed by atoms with van der Waals surface area (Å²) in [5, 5.41) is 12.7. The normalized spacial score (nSPS) is 19.0. The van der Waals surface area contributed by atoms with Crippen LogP contribution in [0.2, 0.25) is 0 Å². The lowest BCUT2D eigenvalue weighted by Crippen LogP contribution is -2.55. The molecule has 0 aromatic carbocycles. The van der Waals surface area contributed by atoms with E-state index in [0.29, 0.717) is 5.92 Å². The summed E-state index contributed by atoms with van der Waals surface area (Å²) >= 11 is 0. The fourth-order valence-electron chi connectivity index (χ4n) is 3.11. The third-order valence-corrected chi connectivity index (χ3v) is 4.47. The van der Waals surface area contributed by atoms with E-state index in [-0.39, 0.29) is 24.6 Å². The molecule has 5 heteroatoms. The van der Waals surface area contributed by atoms with Gasteiger partial charge in [-0.05, 0) is 31.7 Å². The number of amides is 1. The maximum atomic E-state index is 12.2. The van der Waals surface area contributed by atoms with E-state index in [2.05, 4.69) is 5.32 Å². The van der Waals surface area contributed by atoms with E-state index in [1.165, 1.54) is 17.1 Å². The van der Waals surface area contributed by atoms with Crippen LogP contribution in [0.5, 0.6) is 0 Å². The molecule has 1 aliphatic rings. The molecule has 1 amide bonds. The average Bonchev–Trinajstić information content (AvgIpc) is 2.50. The molecule has 116 valence electrons. The summed E-state index contributed by atoms with van der Waals surface area (Å²) in [6, 6.07) is 4.80. The van der Waals surface area contributed by atoms with Gasteiger partial charge in [0.25, 0.3) is 5.56 Å². The fraction of sp³-hybridized carbons (Fsp3) is 0.625. The number of rotatable bonds is 5. The molecule has 1 heterocycles. The second kappa shape index (κ2) is 6.89. The zero-order chi connectivity index (χ0) is 15.3. The summed E-state index contributed by atoms with van der Waals surface area (Å²) < 4.78 is 1.37. The third-order valence-electron chi connectivity index (χ3n) is 4.47. The van der Waals surface area contributed by atoms with Crippen LogP contribution in [0.1, 0.15) is 39.0 Å². The average molecular weight is 292 g/mol. The Kier molecular flexibility index (Phi) is 5.17. The van der Waals surface area contributed by atoms with Crippen molar-refractivity contribution in [2.75, 3.05) is 6.61 Å². The first-order chi connectivity index (χ1) is 10.0. The number of carbonyl (C=O) groups is 1. The molecule has 2 N–H and O–H groups in total. The van der Waals surface area contributed by atoms with E-state index in [1.54, 1.807) is 18.3 Å². The van der Waals surface area contributed by atoms with Crippen LogP contribution in [-0.4, -0.2) is 27.7 Å². The molecular weight excluding hydrogens is 268 g/mol. The lowest BCUT2D eigenvalue weighted by atomic mass is 9.76. The first kappa shape index (κ1) is 15.8. The molecule has 0 aliphatic heterocycles. The van der Waals surface area contributed by atoms with Gasteiger partial charge in [-0.25, -0.2) is 0 Å². The molecule has 0 radical (unpaired) electrons. The Morgan fingerprint density at radius 2 is 2.10 bits per heavy atom. The summed E-state index contributed by atoms with van der Waals surface area (Å²) in [6.07, 6.45) is 7.18. The van der Waals surface area contributed by atoms with Crippen molar-refractivity contribution in [3.8, 4) is 0 Å². The topological polar surface area (TPSA) is 71.3 Å². The second-order valence-electron chi connectivity index (χ2n) is 6.13. The lowest BCUT2D eigenvalue weighted by Gasteiger charge is -2.39. The summed E-state index contributed by atoms with van der Waals surface area (Å²) in [5.41, 5.74) is -0.799. The lowest BCUT2D eigenvalue weighted by molar-refractivity contribution is -0.125. The van der Waals surface area contributed by atoms with Crippen LogP contribution in [0, 0.1) is 5.92 Å². The molecule has 5 nitrogen and oxygen atoms in total. The number of carbonyl (C=O) groups excluding carboxylic acids is 1. The van der Waals surface area contributed by atoms with Crippen LogP contribution in [0.3, 0.4) is 0 Å². The number of nitrogens with one attached hydrogen (secondary N) is 1. The second-order valence-corrected chi connectivity index (χ2v) is 6.13. The van der Waals surface area contributed by atoms with E-state index < -0.39 is 5.54 Å². The minimum atomic E-state index is -0.601. The maximum Gasteiger partial charge on any atom is 0.250 e. The van der Waals surface area contributed by atoms with Gasteiger partial charge in [-0.2, -0.15) is 0 Å². The van der Waals surface area contributed by atoms with Crippen LogP contribution in [0.25, 0.3) is 0 Å². The summed E-state index contributed by atoms with van der Waals surface area (Å²) in [4.78, 5) is 23.8. The van der Waals surface area contributed by atoms with E-state index in [0.717, 1.165) is 25.7 Å². The highest BCUT2D eigenvalue weighted by atomic mass is 16.3. The number of hydrogen-bond acceptors (Lipinski definition) is 3. The monoisotopic (exact) mass is 292 g/mol. The van der Waals surface area contributed by atoms with E-state index in [9.17, 15) is 14.7 Å². The van der Waals surface area contributed by atoms with Gasteiger partial charge in [0, 0.05) is 12.3 Å². The Labute approximate surface area is 125 Å². The van der Waals surface area contributed by atoms with Crippen LogP contribution in [0.4, 0.5) is 0 Å². The molecule has 1 fully saturated rings. The molecule has 0 saturated heterocycles. The molecule has 1 aliphatic carbocycles. The highest BCUT2D eigenvalue weighted by Gasteiger charge is 2.35. The molecule has 1 saturated carbocycles. The first-order valence-electron chi connectivity index (χ1n) is 7.62. The number of aliphatic hydroxyl groups is 1. The number of aliphatic hydroxyl groups excluding tert-OH is 1. The highest BCUT2D eigenvalue weighted by molar-refractivity contribution is 5.76. The van der Waals surface area contributed by atoms with Crippen molar-refractivity contribution in [2.45, 2.75) is 51.1 Å². The van der Waals surface area contributed by atoms with Crippen LogP contribution in [0.15, 0.2) is 29.2 Å². The Hall–Kier alpha value is -1.62. The van der Waals surface area contributed by atoms with Crippen LogP contribution in [-0.2, 0) is 11.3 Å². The number of nitrogens with zero attached hydrogens (tertiary/aromatic N) is 1. The minimum Gasteiger partial charge on any atom is -0.394 e. The van der Waals surface area contributed by atoms with E-state index >= 15 is 0 Å². The molecule has 1 unspecified atom stereocenters. The number of aromatic nitrogens is 1. The van der Waals surface area contributed by atoms with E-state index in [1.807, 2.05) is 6.92 Å². The van der Waals surface area contributed by atoms with Gasteiger partial charge < -0.3 is 15.0 Å². The number of pyridine rings is 1. The molecule has 0 bridgehead atoms. The van der Waals surface area contributed by atoms with Gasteiger partial charge in [-0.3, -0.25) is 9.59 Å². The van der Waals surface area contributed by atoms with Gasteiger partial charge in [-0.1, -0.05) is 25.3 Å². The van der Waals surface area contributed by atoms with Gasteiger partial charge in [0.05, 0.1) is 12.1 Å². The molecule has 1 atom stereocenters. The molecule has 2 rings (SSSR count). The molecule has 0 spiro atoms.